The molecule has 1 saturated heterocycles. The van der Waals surface area contributed by atoms with E-state index in [2.05, 4.69) is 17.1 Å². The fraction of sp³-hybridized carbons (Fsp3) is 1.00. The Labute approximate surface area is 68.4 Å². The molecule has 66 valence electrons. The monoisotopic (exact) mass is 158 g/mol. The van der Waals surface area contributed by atoms with E-state index in [1.165, 1.54) is 0 Å². The number of aliphatic hydroxyl groups is 1. The van der Waals surface area contributed by atoms with Crippen LogP contribution in [0.5, 0.6) is 0 Å². The highest BCUT2D eigenvalue weighted by Gasteiger charge is 2.19. The first-order chi connectivity index (χ1) is 5.22. The fourth-order valence-electron chi connectivity index (χ4n) is 1.39. The molecule has 2 N–H and O–H groups in total. The molecule has 0 unspecified atom stereocenters. The number of hydrogen-bond acceptors (Lipinski definition) is 3. The van der Waals surface area contributed by atoms with E-state index in [0.717, 1.165) is 26.2 Å². The third-order valence-corrected chi connectivity index (χ3v) is 2.43. The molecule has 1 aliphatic rings. The van der Waals surface area contributed by atoms with E-state index in [-0.39, 0.29) is 6.10 Å². The summed E-state index contributed by atoms with van der Waals surface area (Å²) >= 11 is 0. The standard InChI is InChI=1S/C8H18N2O/c1-7(8(2)11)10-5-3-9-4-6-10/h7-9,11H,3-6H2,1-2H3/t7-,8-/m1/s1. The molecule has 2 atom stereocenters. The second-order valence-electron chi connectivity index (χ2n) is 3.27. The van der Waals surface area contributed by atoms with Crippen molar-refractivity contribution in [2.45, 2.75) is 26.0 Å². The lowest BCUT2D eigenvalue weighted by Gasteiger charge is -2.34. The van der Waals surface area contributed by atoms with Gasteiger partial charge >= 0.3 is 0 Å². The van der Waals surface area contributed by atoms with Gasteiger partial charge in [0, 0.05) is 32.2 Å². The van der Waals surface area contributed by atoms with E-state index in [9.17, 15) is 5.11 Å². The van der Waals surface area contributed by atoms with Gasteiger partial charge in [-0.2, -0.15) is 0 Å². The minimum absolute atomic E-state index is 0.215. The Balaban J connectivity index is 2.32. The van der Waals surface area contributed by atoms with Crippen LogP contribution in [0.15, 0.2) is 0 Å². The second kappa shape index (κ2) is 4.04. The van der Waals surface area contributed by atoms with Gasteiger partial charge in [-0.15, -0.1) is 0 Å². The molecule has 0 bridgehead atoms. The molecule has 0 aliphatic carbocycles. The van der Waals surface area contributed by atoms with Gasteiger partial charge in [0.1, 0.15) is 0 Å². The summed E-state index contributed by atoms with van der Waals surface area (Å²) in [5.41, 5.74) is 0. The predicted molar refractivity (Wildman–Crippen MR) is 45.6 cm³/mol. The average Bonchev–Trinajstić information content (AvgIpc) is 2.05. The lowest BCUT2D eigenvalue weighted by Crippen LogP contribution is -2.50. The summed E-state index contributed by atoms with van der Waals surface area (Å²) in [5.74, 6) is 0. The first kappa shape index (κ1) is 8.97. The normalized spacial score (nSPS) is 26.5. The van der Waals surface area contributed by atoms with Crippen LogP contribution in [0.2, 0.25) is 0 Å². The maximum atomic E-state index is 9.31. The van der Waals surface area contributed by atoms with Gasteiger partial charge in [-0.05, 0) is 13.8 Å². The zero-order valence-electron chi connectivity index (χ0n) is 7.38. The first-order valence-electron chi connectivity index (χ1n) is 4.34. The van der Waals surface area contributed by atoms with E-state index < -0.39 is 0 Å². The van der Waals surface area contributed by atoms with Crippen LogP contribution in [0.25, 0.3) is 0 Å². The van der Waals surface area contributed by atoms with Crippen molar-refractivity contribution >= 4 is 0 Å². The highest BCUT2D eigenvalue weighted by Crippen LogP contribution is 2.04. The van der Waals surface area contributed by atoms with Crippen molar-refractivity contribution in [2.75, 3.05) is 26.2 Å². The van der Waals surface area contributed by atoms with Gasteiger partial charge in [-0.1, -0.05) is 0 Å². The molecule has 0 radical (unpaired) electrons. The summed E-state index contributed by atoms with van der Waals surface area (Å²) in [5, 5.41) is 12.6. The maximum absolute atomic E-state index is 9.31. The fourth-order valence-corrected chi connectivity index (χ4v) is 1.39. The van der Waals surface area contributed by atoms with Crippen molar-refractivity contribution in [3.63, 3.8) is 0 Å². The number of rotatable bonds is 2. The lowest BCUT2D eigenvalue weighted by atomic mass is 10.1. The van der Waals surface area contributed by atoms with Crippen molar-refractivity contribution in [1.29, 1.82) is 0 Å². The van der Waals surface area contributed by atoms with Crippen molar-refractivity contribution in [1.82, 2.24) is 10.2 Å². The zero-order valence-corrected chi connectivity index (χ0v) is 7.38. The van der Waals surface area contributed by atoms with Gasteiger partial charge in [0.15, 0.2) is 0 Å². The lowest BCUT2D eigenvalue weighted by molar-refractivity contribution is 0.0633. The minimum atomic E-state index is -0.215. The Morgan fingerprint density at radius 1 is 1.27 bits per heavy atom. The van der Waals surface area contributed by atoms with Crippen LogP contribution in [-0.2, 0) is 0 Å². The number of aliphatic hydroxyl groups excluding tert-OH is 1. The molecule has 0 aromatic rings. The predicted octanol–water partition coefficient (Wildman–Crippen LogP) is -0.339. The smallest absolute Gasteiger partial charge is 0.0664 e. The SMILES string of the molecule is C[C@H]([C@@H](C)O)N1CCNCC1. The molecule has 0 aromatic heterocycles. The molecule has 0 saturated carbocycles. The third-order valence-electron chi connectivity index (χ3n) is 2.43. The van der Waals surface area contributed by atoms with Crippen molar-refractivity contribution in [3.05, 3.63) is 0 Å². The molecule has 3 heteroatoms. The van der Waals surface area contributed by atoms with Gasteiger partial charge in [0.05, 0.1) is 6.10 Å². The van der Waals surface area contributed by atoms with Crippen molar-refractivity contribution in [3.8, 4) is 0 Å². The molecular weight excluding hydrogens is 140 g/mol. The summed E-state index contributed by atoms with van der Waals surface area (Å²) in [6.07, 6.45) is -0.215. The summed E-state index contributed by atoms with van der Waals surface area (Å²) in [7, 11) is 0. The minimum Gasteiger partial charge on any atom is -0.392 e. The van der Waals surface area contributed by atoms with Crippen LogP contribution in [0.3, 0.4) is 0 Å². The summed E-state index contributed by atoms with van der Waals surface area (Å²) in [6.45, 7) is 8.16. The van der Waals surface area contributed by atoms with Crippen LogP contribution in [0.4, 0.5) is 0 Å². The number of nitrogens with one attached hydrogen (secondary N) is 1. The zero-order chi connectivity index (χ0) is 8.27. The molecule has 0 spiro atoms. The molecule has 1 heterocycles. The molecular formula is C8H18N2O. The number of nitrogens with zero attached hydrogens (tertiary/aromatic N) is 1. The molecule has 3 nitrogen and oxygen atoms in total. The Hall–Kier alpha value is -0.120. The Bertz CT molecular complexity index is 111. The van der Waals surface area contributed by atoms with E-state index in [1.807, 2.05) is 6.92 Å². The first-order valence-corrected chi connectivity index (χ1v) is 4.34. The summed E-state index contributed by atoms with van der Waals surface area (Å²) in [6, 6.07) is 0.303. The van der Waals surface area contributed by atoms with E-state index >= 15 is 0 Å². The number of piperazine rings is 1. The van der Waals surface area contributed by atoms with Gasteiger partial charge < -0.3 is 10.4 Å². The molecule has 1 fully saturated rings. The number of hydrogen-bond donors (Lipinski definition) is 2. The van der Waals surface area contributed by atoms with Crippen LogP contribution in [0, 0.1) is 0 Å². The summed E-state index contributed by atoms with van der Waals surface area (Å²) in [4.78, 5) is 2.32. The van der Waals surface area contributed by atoms with Crippen molar-refractivity contribution < 1.29 is 5.11 Å². The average molecular weight is 158 g/mol. The van der Waals surface area contributed by atoms with Crippen LogP contribution in [-0.4, -0.2) is 48.3 Å². The molecule has 11 heavy (non-hydrogen) atoms. The van der Waals surface area contributed by atoms with Gasteiger partial charge in [0.2, 0.25) is 0 Å². The van der Waals surface area contributed by atoms with Gasteiger partial charge in [0.25, 0.3) is 0 Å². The van der Waals surface area contributed by atoms with Crippen LogP contribution >= 0.6 is 0 Å². The quantitative estimate of drug-likeness (QED) is 0.577. The van der Waals surface area contributed by atoms with Gasteiger partial charge in [-0.25, -0.2) is 0 Å². The largest absolute Gasteiger partial charge is 0.392 e. The third kappa shape index (κ3) is 2.43. The van der Waals surface area contributed by atoms with Crippen LogP contribution < -0.4 is 5.32 Å². The highest BCUT2D eigenvalue weighted by molar-refractivity contribution is 4.76. The van der Waals surface area contributed by atoms with E-state index in [0.29, 0.717) is 6.04 Å². The van der Waals surface area contributed by atoms with E-state index in [4.69, 9.17) is 0 Å². The van der Waals surface area contributed by atoms with E-state index in [1.54, 1.807) is 0 Å². The van der Waals surface area contributed by atoms with Gasteiger partial charge in [-0.3, -0.25) is 4.90 Å². The molecule has 1 rings (SSSR count). The molecule has 1 aliphatic heterocycles. The Morgan fingerprint density at radius 2 is 1.82 bits per heavy atom. The Morgan fingerprint density at radius 3 is 2.27 bits per heavy atom. The van der Waals surface area contributed by atoms with Crippen LogP contribution in [0.1, 0.15) is 13.8 Å². The summed E-state index contributed by atoms with van der Waals surface area (Å²) < 4.78 is 0. The maximum Gasteiger partial charge on any atom is 0.0664 e. The second-order valence-corrected chi connectivity index (χ2v) is 3.27. The van der Waals surface area contributed by atoms with Crippen molar-refractivity contribution in [2.24, 2.45) is 0 Å². The molecule has 0 aromatic carbocycles. The molecule has 0 amide bonds. The Kier molecular flexibility index (Phi) is 3.30. The highest BCUT2D eigenvalue weighted by atomic mass is 16.3. The topological polar surface area (TPSA) is 35.5 Å².